The lowest BCUT2D eigenvalue weighted by atomic mass is 9.79. The lowest BCUT2D eigenvalue weighted by Gasteiger charge is -2.32. The van der Waals surface area contributed by atoms with Gasteiger partial charge in [-0.05, 0) is 43.7 Å². The maximum Gasteiger partial charge on any atom is 0.0576 e. The van der Waals surface area contributed by atoms with Crippen LogP contribution in [0.5, 0.6) is 0 Å². The Balaban J connectivity index is 2.03. The summed E-state index contributed by atoms with van der Waals surface area (Å²) in [5, 5.41) is 2.70. The van der Waals surface area contributed by atoms with Crippen molar-refractivity contribution >= 4 is 43.5 Å². The molecule has 0 radical (unpaired) electrons. The van der Waals surface area contributed by atoms with Crippen molar-refractivity contribution in [2.24, 2.45) is 0 Å². The Morgan fingerprint density at radius 3 is 2.60 bits per heavy atom. The predicted octanol–water partition coefficient (Wildman–Crippen LogP) is 5.72. The number of halogens is 3. The highest BCUT2D eigenvalue weighted by atomic mass is 79.9. The van der Waals surface area contributed by atoms with E-state index in [0.717, 1.165) is 35.1 Å². The smallest absolute Gasteiger partial charge is 0.0576 e. The van der Waals surface area contributed by atoms with E-state index >= 15 is 0 Å². The van der Waals surface area contributed by atoms with Crippen LogP contribution < -0.4 is 0 Å². The van der Waals surface area contributed by atoms with Crippen molar-refractivity contribution in [1.82, 2.24) is 0 Å². The Morgan fingerprint density at radius 1 is 1.25 bits per heavy atom. The molecule has 1 aliphatic rings. The fourth-order valence-electron chi connectivity index (χ4n) is 2.88. The van der Waals surface area contributed by atoms with Crippen LogP contribution in [0.2, 0.25) is 5.02 Å². The largest absolute Gasteiger partial charge is 0.378 e. The molecular weight excluding hydrogens is 403 g/mol. The molecule has 20 heavy (non-hydrogen) atoms. The fraction of sp³-hybridized carbons (Fsp3) is 0.625. The summed E-state index contributed by atoms with van der Waals surface area (Å²) in [7, 11) is 0. The predicted molar refractivity (Wildman–Crippen MR) is 93.5 cm³/mol. The maximum absolute atomic E-state index is 6.41. The van der Waals surface area contributed by atoms with Gasteiger partial charge in [0.2, 0.25) is 0 Å². The van der Waals surface area contributed by atoms with E-state index in [1.54, 1.807) is 0 Å². The van der Waals surface area contributed by atoms with Crippen LogP contribution in [0, 0.1) is 0 Å². The Kier molecular flexibility index (Phi) is 6.86. The van der Waals surface area contributed by atoms with Crippen molar-refractivity contribution in [3.05, 3.63) is 34.9 Å². The van der Waals surface area contributed by atoms with Crippen LogP contribution in [0.15, 0.2) is 24.3 Å². The van der Waals surface area contributed by atoms with Gasteiger partial charge in [-0.3, -0.25) is 0 Å². The molecule has 0 saturated carbocycles. The summed E-state index contributed by atoms with van der Waals surface area (Å²) in [5.74, 6) is 0. The molecule has 1 atom stereocenters. The van der Waals surface area contributed by atoms with Gasteiger partial charge < -0.3 is 4.74 Å². The molecule has 1 unspecified atom stereocenters. The first-order valence-electron chi connectivity index (χ1n) is 7.20. The Hall–Kier alpha value is 0.430. The maximum atomic E-state index is 6.41. The van der Waals surface area contributed by atoms with Crippen molar-refractivity contribution < 1.29 is 4.74 Å². The highest BCUT2D eigenvalue weighted by Gasteiger charge is 2.32. The molecule has 0 bridgehead atoms. The second kappa shape index (κ2) is 8.17. The number of hydrogen-bond acceptors (Lipinski definition) is 1. The zero-order valence-electron chi connectivity index (χ0n) is 11.6. The Bertz CT molecular complexity index is 415. The molecule has 0 aromatic heterocycles. The van der Waals surface area contributed by atoms with E-state index in [2.05, 4.69) is 44.0 Å². The molecular formula is C16H21Br2ClO. The molecule has 1 aromatic rings. The molecule has 0 spiro atoms. The number of rotatable bonds is 7. The van der Waals surface area contributed by atoms with Crippen LogP contribution in [0.3, 0.4) is 0 Å². The lowest BCUT2D eigenvalue weighted by molar-refractivity contribution is 0.101. The molecule has 1 nitrogen and oxygen atoms in total. The fourth-order valence-corrected chi connectivity index (χ4v) is 5.31. The van der Waals surface area contributed by atoms with E-state index < -0.39 is 0 Å². The van der Waals surface area contributed by atoms with Crippen LogP contribution in [-0.2, 0) is 10.2 Å². The summed E-state index contributed by atoms with van der Waals surface area (Å²) in [6.45, 7) is 0.942. The normalized spacial score (nSPS) is 19.4. The van der Waals surface area contributed by atoms with Gasteiger partial charge in [0.15, 0.2) is 0 Å². The number of ether oxygens (including phenoxy) is 1. The van der Waals surface area contributed by atoms with Crippen molar-refractivity contribution in [3.8, 4) is 0 Å². The van der Waals surface area contributed by atoms with Crippen LogP contribution >= 0.6 is 43.5 Å². The van der Waals surface area contributed by atoms with E-state index in [4.69, 9.17) is 16.3 Å². The van der Waals surface area contributed by atoms with E-state index in [1.165, 1.54) is 24.8 Å². The van der Waals surface area contributed by atoms with E-state index in [0.29, 0.717) is 6.10 Å². The second-order valence-electron chi connectivity index (χ2n) is 5.55. The second-order valence-corrected chi connectivity index (χ2v) is 7.08. The van der Waals surface area contributed by atoms with Crippen LogP contribution in [0.4, 0.5) is 0 Å². The van der Waals surface area contributed by atoms with Gasteiger partial charge in [0.05, 0.1) is 6.10 Å². The molecule has 1 aliphatic heterocycles. The summed E-state index contributed by atoms with van der Waals surface area (Å²) in [6.07, 6.45) is 6.37. The summed E-state index contributed by atoms with van der Waals surface area (Å²) in [6, 6.07) is 8.20. The lowest BCUT2D eigenvalue weighted by Crippen LogP contribution is -2.31. The van der Waals surface area contributed by atoms with Crippen LogP contribution in [0.1, 0.15) is 37.7 Å². The third kappa shape index (κ3) is 4.00. The molecule has 0 aliphatic carbocycles. The molecule has 2 rings (SSSR count). The SMILES string of the molecule is Clc1ccccc1C(CBr)(CBr)CCCC1CCCO1. The quantitative estimate of drug-likeness (QED) is 0.509. The van der Waals surface area contributed by atoms with E-state index in [9.17, 15) is 0 Å². The van der Waals surface area contributed by atoms with Gasteiger partial charge in [0, 0.05) is 27.7 Å². The molecule has 4 heteroatoms. The first-order valence-corrected chi connectivity index (χ1v) is 9.82. The molecule has 1 heterocycles. The van der Waals surface area contributed by atoms with E-state index in [-0.39, 0.29) is 5.41 Å². The molecule has 1 aromatic carbocycles. The van der Waals surface area contributed by atoms with Crippen molar-refractivity contribution in [3.63, 3.8) is 0 Å². The minimum Gasteiger partial charge on any atom is -0.378 e. The van der Waals surface area contributed by atoms with Gasteiger partial charge in [-0.2, -0.15) is 0 Å². The first-order chi connectivity index (χ1) is 9.72. The zero-order valence-corrected chi connectivity index (χ0v) is 15.5. The highest BCUT2D eigenvalue weighted by Crippen LogP contribution is 2.38. The number of alkyl halides is 2. The third-order valence-corrected chi connectivity index (χ3v) is 6.64. The minimum atomic E-state index is 0.0664. The first kappa shape index (κ1) is 16.8. The highest BCUT2D eigenvalue weighted by molar-refractivity contribution is 9.09. The van der Waals surface area contributed by atoms with Gasteiger partial charge >= 0.3 is 0 Å². The Morgan fingerprint density at radius 2 is 2.00 bits per heavy atom. The van der Waals surface area contributed by atoms with Crippen LogP contribution in [0.25, 0.3) is 0 Å². The van der Waals surface area contributed by atoms with Gasteiger partial charge in [0.25, 0.3) is 0 Å². The summed E-state index contributed by atoms with van der Waals surface area (Å²) in [5.41, 5.74) is 1.31. The van der Waals surface area contributed by atoms with Gasteiger partial charge in [-0.25, -0.2) is 0 Å². The average Bonchev–Trinajstić information content (AvgIpc) is 2.98. The van der Waals surface area contributed by atoms with Crippen molar-refractivity contribution in [2.45, 2.75) is 43.6 Å². The monoisotopic (exact) mass is 422 g/mol. The standard InChI is InChI=1S/C16H21Br2ClO/c17-11-16(12-18,14-7-1-2-8-15(14)19)9-3-5-13-6-4-10-20-13/h1-2,7-8,13H,3-6,9-12H2. The average molecular weight is 425 g/mol. The van der Waals surface area contributed by atoms with Crippen molar-refractivity contribution in [1.29, 1.82) is 0 Å². The van der Waals surface area contributed by atoms with Crippen molar-refractivity contribution in [2.75, 3.05) is 17.3 Å². The number of hydrogen-bond donors (Lipinski definition) is 0. The van der Waals surface area contributed by atoms with Gasteiger partial charge in [0.1, 0.15) is 0 Å². The topological polar surface area (TPSA) is 9.23 Å². The Labute approximate surface area is 143 Å². The molecule has 1 saturated heterocycles. The van der Waals surface area contributed by atoms with Gasteiger partial charge in [-0.15, -0.1) is 0 Å². The van der Waals surface area contributed by atoms with Crippen LogP contribution in [-0.4, -0.2) is 23.4 Å². The molecule has 112 valence electrons. The van der Waals surface area contributed by atoms with Gasteiger partial charge in [-0.1, -0.05) is 61.7 Å². The molecule has 1 fully saturated rings. The minimum absolute atomic E-state index is 0.0664. The molecule has 0 N–H and O–H groups in total. The molecule has 0 amide bonds. The summed E-state index contributed by atoms with van der Waals surface area (Å²) < 4.78 is 5.71. The number of benzene rings is 1. The zero-order chi connectivity index (χ0) is 14.4. The summed E-state index contributed by atoms with van der Waals surface area (Å²) in [4.78, 5) is 0. The van der Waals surface area contributed by atoms with E-state index in [1.807, 2.05) is 12.1 Å². The third-order valence-electron chi connectivity index (χ3n) is 4.16. The summed E-state index contributed by atoms with van der Waals surface area (Å²) >= 11 is 13.8.